The topological polar surface area (TPSA) is 114 Å². The van der Waals surface area contributed by atoms with Crippen molar-refractivity contribution in [3.8, 4) is 0 Å². The number of carboxylic acid groups (broad SMARTS) is 1. The van der Waals surface area contributed by atoms with E-state index in [2.05, 4.69) is 5.32 Å². The lowest BCUT2D eigenvalue weighted by Gasteiger charge is -2.39. The molecule has 2 bridgehead atoms. The maximum absolute atomic E-state index is 11.2. The Morgan fingerprint density at radius 2 is 2.16 bits per heavy atom. The number of aliphatic hydroxyl groups is 1. The fourth-order valence-corrected chi connectivity index (χ4v) is 2.23. The number of aliphatic hydroxyl groups excluding tert-OH is 1. The van der Waals surface area contributed by atoms with Crippen molar-refractivity contribution >= 4 is 11.9 Å². The molecule has 0 aromatic heterocycles. The van der Waals surface area contributed by atoms with E-state index < -0.39 is 42.7 Å². The molecular weight excluding hydrogens is 258 g/mol. The van der Waals surface area contributed by atoms with E-state index in [4.69, 9.17) is 19.3 Å². The summed E-state index contributed by atoms with van der Waals surface area (Å²) in [5.41, 5.74) is 0. The molecule has 3 N–H and O–H groups in total. The molecule has 2 heterocycles. The molecule has 2 rings (SSSR count). The van der Waals surface area contributed by atoms with E-state index in [1.807, 2.05) is 0 Å². The van der Waals surface area contributed by atoms with E-state index in [0.29, 0.717) is 0 Å². The largest absolute Gasteiger partial charge is 0.479 e. The zero-order chi connectivity index (χ0) is 14.2. The molecule has 108 valence electrons. The van der Waals surface area contributed by atoms with Crippen molar-refractivity contribution in [2.24, 2.45) is 0 Å². The predicted molar refractivity (Wildman–Crippen MR) is 60.2 cm³/mol. The smallest absolute Gasteiger partial charge is 0.332 e. The Hall–Kier alpha value is -1.22. The van der Waals surface area contributed by atoms with Gasteiger partial charge in [0.05, 0.1) is 6.61 Å². The monoisotopic (exact) mass is 275 g/mol. The summed E-state index contributed by atoms with van der Waals surface area (Å²) in [6.07, 6.45) is -4.35. The molecule has 0 spiro atoms. The van der Waals surface area contributed by atoms with Gasteiger partial charge in [0, 0.05) is 6.92 Å². The number of carbonyl (C=O) groups excluding carboxylic acids is 1. The number of carbonyl (C=O) groups is 2. The Bertz CT molecular complexity index is 374. The number of fused-ring (bicyclic) bond motifs is 2. The van der Waals surface area contributed by atoms with Crippen LogP contribution in [0.2, 0.25) is 0 Å². The van der Waals surface area contributed by atoms with Crippen LogP contribution in [-0.2, 0) is 23.8 Å². The summed E-state index contributed by atoms with van der Waals surface area (Å²) in [5.74, 6) is -1.49. The molecule has 6 unspecified atom stereocenters. The van der Waals surface area contributed by atoms with Crippen LogP contribution in [0, 0.1) is 0 Å². The number of rotatable bonds is 4. The minimum atomic E-state index is -1.14. The van der Waals surface area contributed by atoms with E-state index in [1.54, 1.807) is 0 Å². The first-order valence-electron chi connectivity index (χ1n) is 6.00. The van der Waals surface area contributed by atoms with Gasteiger partial charge in [0.25, 0.3) is 0 Å². The van der Waals surface area contributed by atoms with Crippen molar-refractivity contribution in [3.05, 3.63) is 0 Å². The van der Waals surface area contributed by atoms with Gasteiger partial charge in [0.15, 0.2) is 12.4 Å². The third-order valence-corrected chi connectivity index (χ3v) is 3.18. The summed E-state index contributed by atoms with van der Waals surface area (Å²) in [6, 6.07) is -0.743. The lowest BCUT2D eigenvalue weighted by molar-refractivity contribution is -0.213. The number of ether oxygens (including phenoxy) is 3. The highest BCUT2D eigenvalue weighted by Crippen LogP contribution is 2.30. The second-order valence-electron chi connectivity index (χ2n) is 4.67. The molecule has 0 saturated carbocycles. The molecule has 0 aliphatic carbocycles. The zero-order valence-corrected chi connectivity index (χ0v) is 10.6. The van der Waals surface area contributed by atoms with Gasteiger partial charge in [-0.25, -0.2) is 4.79 Å². The van der Waals surface area contributed by atoms with Crippen molar-refractivity contribution < 1.29 is 34.0 Å². The molecule has 6 atom stereocenters. The highest BCUT2D eigenvalue weighted by Gasteiger charge is 2.51. The standard InChI is InChI=1S/C11H17NO7/c1-4(10(15)16)18-9-7(12-5(2)13)11-17-3-6(19-11)8(9)14/h4,6-9,11,14H,3H2,1-2H3,(H,12,13)(H,15,16). The Morgan fingerprint density at radius 3 is 2.74 bits per heavy atom. The van der Waals surface area contributed by atoms with Gasteiger partial charge in [-0.2, -0.15) is 0 Å². The number of nitrogens with one attached hydrogen (secondary N) is 1. The Morgan fingerprint density at radius 1 is 1.47 bits per heavy atom. The van der Waals surface area contributed by atoms with E-state index in [-0.39, 0.29) is 12.5 Å². The predicted octanol–water partition coefficient (Wildman–Crippen LogP) is -1.53. The van der Waals surface area contributed by atoms with Gasteiger partial charge < -0.3 is 29.7 Å². The molecule has 0 aromatic carbocycles. The number of aliphatic carboxylic acids is 1. The molecule has 2 saturated heterocycles. The minimum Gasteiger partial charge on any atom is -0.479 e. The Labute approximate surface area is 109 Å². The summed E-state index contributed by atoms with van der Waals surface area (Å²) < 4.78 is 16.0. The second kappa shape index (κ2) is 5.41. The molecule has 2 aliphatic heterocycles. The molecule has 1 amide bonds. The Kier molecular flexibility index (Phi) is 4.04. The number of hydrogen-bond donors (Lipinski definition) is 3. The van der Waals surface area contributed by atoms with Crippen molar-refractivity contribution in [1.82, 2.24) is 5.32 Å². The molecule has 8 heteroatoms. The van der Waals surface area contributed by atoms with Crippen molar-refractivity contribution in [2.45, 2.75) is 50.6 Å². The average molecular weight is 275 g/mol. The molecule has 0 radical (unpaired) electrons. The molecular formula is C11H17NO7. The zero-order valence-electron chi connectivity index (χ0n) is 10.6. The SMILES string of the molecule is CC(=O)NC1C2OCC(O2)C(O)C1OC(C)C(=O)O. The van der Waals surface area contributed by atoms with Gasteiger partial charge >= 0.3 is 5.97 Å². The van der Waals surface area contributed by atoms with Gasteiger partial charge in [-0.15, -0.1) is 0 Å². The van der Waals surface area contributed by atoms with E-state index in [9.17, 15) is 14.7 Å². The summed E-state index contributed by atoms with van der Waals surface area (Å²) in [7, 11) is 0. The molecule has 2 fully saturated rings. The Balaban J connectivity index is 2.14. The third kappa shape index (κ3) is 2.86. The fraction of sp³-hybridized carbons (Fsp3) is 0.818. The summed E-state index contributed by atoms with van der Waals surface area (Å²) in [6.45, 7) is 2.85. The van der Waals surface area contributed by atoms with Crippen LogP contribution in [-0.4, -0.2) is 65.4 Å². The molecule has 2 aliphatic rings. The van der Waals surface area contributed by atoms with Gasteiger partial charge in [0.2, 0.25) is 5.91 Å². The van der Waals surface area contributed by atoms with Gasteiger partial charge in [0.1, 0.15) is 24.4 Å². The highest BCUT2D eigenvalue weighted by molar-refractivity contribution is 5.73. The quantitative estimate of drug-likeness (QED) is 0.570. The first-order valence-corrected chi connectivity index (χ1v) is 6.00. The first kappa shape index (κ1) is 14.2. The van der Waals surface area contributed by atoms with Crippen molar-refractivity contribution in [2.75, 3.05) is 6.61 Å². The second-order valence-corrected chi connectivity index (χ2v) is 4.67. The molecule has 0 aromatic rings. The van der Waals surface area contributed by atoms with Gasteiger partial charge in [-0.1, -0.05) is 0 Å². The van der Waals surface area contributed by atoms with Crippen LogP contribution in [0.3, 0.4) is 0 Å². The summed E-state index contributed by atoms with van der Waals surface area (Å²) in [5, 5.41) is 21.5. The van der Waals surface area contributed by atoms with Gasteiger partial charge in [-0.05, 0) is 6.92 Å². The van der Waals surface area contributed by atoms with Crippen LogP contribution < -0.4 is 5.32 Å². The number of amides is 1. The summed E-state index contributed by atoms with van der Waals surface area (Å²) in [4.78, 5) is 22.0. The fourth-order valence-electron chi connectivity index (χ4n) is 2.23. The number of hydrogen-bond acceptors (Lipinski definition) is 6. The lowest BCUT2D eigenvalue weighted by Crippen LogP contribution is -2.62. The third-order valence-electron chi connectivity index (χ3n) is 3.18. The molecule has 8 nitrogen and oxygen atoms in total. The molecule has 19 heavy (non-hydrogen) atoms. The van der Waals surface area contributed by atoms with Crippen LogP contribution in [0.15, 0.2) is 0 Å². The lowest BCUT2D eigenvalue weighted by atomic mass is 9.98. The average Bonchev–Trinajstić information content (AvgIpc) is 2.76. The van der Waals surface area contributed by atoms with E-state index in [1.165, 1.54) is 13.8 Å². The van der Waals surface area contributed by atoms with Crippen LogP contribution in [0.1, 0.15) is 13.8 Å². The first-order chi connectivity index (χ1) is 8.90. The van der Waals surface area contributed by atoms with Crippen molar-refractivity contribution in [3.63, 3.8) is 0 Å². The minimum absolute atomic E-state index is 0.184. The van der Waals surface area contributed by atoms with Crippen LogP contribution in [0.4, 0.5) is 0 Å². The highest BCUT2D eigenvalue weighted by atomic mass is 16.7. The van der Waals surface area contributed by atoms with Crippen molar-refractivity contribution in [1.29, 1.82) is 0 Å². The van der Waals surface area contributed by atoms with Crippen LogP contribution in [0.25, 0.3) is 0 Å². The van der Waals surface area contributed by atoms with E-state index >= 15 is 0 Å². The maximum atomic E-state index is 11.2. The maximum Gasteiger partial charge on any atom is 0.332 e. The van der Waals surface area contributed by atoms with Crippen LogP contribution in [0.5, 0.6) is 0 Å². The van der Waals surface area contributed by atoms with Crippen LogP contribution >= 0.6 is 0 Å². The summed E-state index contributed by atoms with van der Waals surface area (Å²) >= 11 is 0. The number of carboxylic acids is 1. The normalized spacial score (nSPS) is 38.8. The van der Waals surface area contributed by atoms with E-state index in [0.717, 1.165) is 0 Å². The van der Waals surface area contributed by atoms with Gasteiger partial charge in [-0.3, -0.25) is 4.79 Å².